The van der Waals surface area contributed by atoms with E-state index < -0.39 is 22.7 Å². The normalized spacial score (nSPS) is 20.5. The van der Waals surface area contributed by atoms with Gasteiger partial charge in [-0.25, -0.2) is 4.79 Å². The molecule has 0 aliphatic carbocycles. The smallest absolute Gasteiger partial charge is 0.341 e. The van der Waals surface area contributed by atoms with E-state index in [0.717, 1.165) is 0 Å². The lowest BCUT2D eigenvalue weighted by Crippen LogP contribution is -2.46. The van der Waals surface area contributed by atoms with E-state index >= 15 is 0 Å². The predicted octanol–water partition coefficient (Wildman–Crippen LogP) is 2.07. The molecular weight excluding hydrogens is 360 g/mol. The Labute approximate surface area is 162 Å². The molecule has 1 aromatic carbocycles. The Kier molecular flexibility index (Phi) is 3.78. The highest BCUT2D eigenvalue weighted by Gasteiger charge is 2.61. The molecule has 1 aromatic heterocycles. The van der Waals surface area contributed by atoms with Crippen molar-refractivity contribution < 1.29 is 19.1 Å². The summed E-state index contributed by atoms with van der Waals surface area (Å²) < 4.78 is 10.9. The Morgan fingerprint density at radius 3 is 2.71 bits per heavy atom. The molecular formula is C20H22N4O4. The fourth-order valence-corrected chi connectivity index (χ4v) is 3.97. The number of carbonyl (C=O) groups is 2. The molecule has 28 heavy (non-hydrogen) atoms. The molecule has 2 aromatic rings. The van der Waals surface area contributed by atoms with Crippen molar-refractivity contribution >= 4 is 17.6 Å². The van der Waals surface area contributed by atoms with Crippen molar-refractivity contribution in [2.45, 2.75) is 38.5 Å². The first-order valence-corrected chi connectivity index (χ1v) is 9.08. The summed E-state index contributed by atoms with van der Waals surface area (Å²) in [7, 11) is 0. The largest absolute Gasteiger partial charge is 0.462 e. The summed E-state index contributed by atoms with van der Waals surface area (Å²) in [6.07, 6.45) is 0. The zero-order valence-corrected chi connectivity index (χ0v) is 16.2. The van der Waals surface area contributed by atoms with E-state index in [0.29, 0.717) is 22.5 Å². The third kappa shape index (κ3) is 2.20. The molecule has 0 saturated carbocycles. The molecule has 4 N–H and O–H groups in total. The average Bonchev–Trinajstić information content (AvgIpc) is 3.15. The summed E-state index contributed by atoms with van der Waals surface area (Å²) in [5.74, 6) is -1.10. The first-order valence-electron chi connectivity index (χ1n) is 9.08. The number of para-hydroxylation sites is 1. The van der Waals surface area contributed by atoms with Crippen LogP contribution in [0.3, 0.4) is 0 Å². The van der Waals surface area contributed by atoms with E-state index in [-0.39, 0.29) is 23.9 Å². The number of benzene rings is 1. The third-order valence-corrected chi connectivity index (χ3v) is 5.09. The number of ether oxygens (including phenoxy) is 2. The minimum Gasteiger partial charge on any atom is -0.462 e. The quantitative estimate of drug-likeness (QED) is 0.684. The predicted molar refractivity (Wildman–Crippen MR) is 102 cm³/mol. The first-order chi connectivity index (χ1) is 13.2. The third-order valence-electron chi connectivity index (χ3n) is 5.09. The Morgan fingerprint density at radius 1 is 1.32 bits per heavy atom. The highest BCUT2D eigenvalue weighted by molar-refractivity contribution is 6.17. The van der Waals surface area contributed by atoms with Crippen LogP contribution in [0.1, 0.15) is 44.5 Å². The lowest BCUT2D eigenvalue weighted by molar-refractivity contribution is -0.140. The van der Waals surface area contributed by atoms with E-state index in [1.807, 2.05) is 32.9 Å². The fraction of sp³-hybridized carbons (Fsp3) is 0.350. The lowest BCUT2D eigenvalue weighted by atomic mass is 9.66. The molecule has 1 atom stereocenters. The zero-order valence-electron chi connectivity index (χ0n) is 16.2. The highest BCUT2D eigenvalue weighted by atomic mass is 16.5. The van der Waals surface area contributed by atoms with Crippen molar-refractivity contribution in [3.05, 3.63) is 52.5 Å². The Bertz CT molecular complexity index is 1030. The topological polar surface area (TPSA) is 119 Å². The number of esters is 1. The number of H-pyrrole nitrogens is 1. The lowest BCUT2D eigenvalue weighted by Gasteiger charge is -2.35. The molecule has 0 fully saturated rings. The number of amides is 1. The number of hydrogen-bond acceptors (Lipinski definition) is 6. The molecule has 8 heteroatoms. The molecule has 2 aliphatic rings. The van der Waals surface area contributed by atoms with Gasteiger partial charge in [-0.05, 0) is 13.0 Å². The molecule has 0 bridgehead atoms. The SMILES string of the molecule is CCOC(=O)C1=C(N)Oc2n[nH]c(C(C)(C)C)c2C12C(=O)Nc1ccccc12. The number of nitrogens with zero attached hydrogens (tertiary/aromatic N) is 1. The van der Waals surface area contributed by atoms with Gasteiger partial charge in [-0.15, -0.1) is 5.10 Å². The minimum absolute atomic E-state index is 0.0313. The number of hydrogen-bond donors (Lipinski definition) is 3. The zero-order chi connectivity index (χ0) is 20.3. The number of aromatic amines is 1. The van der Waals surface area contributed by atoms with Gasteiger partial charge in [0.05, 0.1) is 12.2 Å². The summed E-state index contributed by atoms with van der Waals surface area (Å²) in [5.41, 5.74) is 6.59. The van der Waals surface area contributed by atoms with E-state index in [4.69, 9.17) is 15.2 Å². The Morgan fingerprint density at radius 2 is 2.04 bits per heavy atom. The van der Waals surface area contributed by atoms with Crippen LogP contribution in [0.25, 0.3) is 0 Å². The molecule has 3 heterocycles. The molecule has 2 aliphatic heterocycles. The molecule has 146 valence electrons. The van der Waals surface area contributed by atoms with Crippen LogP contribution in [0.4, 0.5) is 5.69 Å². The number of nitrogens with one attached hydrogen (secondary N) is 2. The molecule has 0 saturated heterocycles. The van der Waals surface area contributed by atoms with Gasteiger partial charge in [-0.1, -0.05) is 39.0 Å². The fourth-order valence-electron chi connectivity index (χ4n) is 3.97. The second kappa shape index (κ2) is 5.85. The average molecular weight is 382 g/mol. The molecule has 4 rings (SSSR count). The van der Waals surface area contributed by atoms with Crippen LogP contribution in [-0.4, -0.2) is 28.7 Å². The van der Waals surface area contributed by atoms with Crippen LogP contribution in [0.2, 0.25) is 0 Å². The molecule has 8 nitrogen and oxygen atoms in total. The second-order valence-corrected chi connectivity index (χ2v) is 7.84. The van der Waals surface area contributed by atoms with Gasteiger partial charge in [0, 0.05) is 22.4 Å². The van der Waals surface area contributed by atoms with Gasteiger partial charge in [0.2, 0.25) is 17.7 Å². The molecule has 1 spiro atoms. The van der Waals surface area contributed by atoms with Crippen LogP contribution in [0.5, 0.6) is 5.88 Å². The van der Waals surface area contributed by atoms with Crippen molar-refractivity contribution in [1.82, 2.24) is 10.2 Å². The maximum absolute atomic E-state index is 13.5. The van der Waals surface area contributed by atoms with Gasteiger partial charge in [-0.2, -0.15) is 0 Å². The van der Waals surface area contributed by atoms with Crippen LogP contribution < -0.4 is 15.8 Å². The summed E-state index contributed by atoms with van der Waals surface area (Å²) in [5, 5.41) is 10.1. The highest BCUT2D eigenvalue weighted by Crippen LogP contribution is 2.55. The number of rotatable bonds is 2. The van der Waals surface area contributed by atoms with Crippen LogP contribution in [0.15, 0.2) is 35.7 Å². The van der Waals surface area contributed by atoms with Gasteiger partial charge >= 0.3 is 5.97 Å². The molecule has 1 amide bonds. The van der Waals surface area contributed by atoms with Crippen LogP contribution in [-0.2, 0) is 25.2 Å². The maximum Gasteiger partial charge on any atom is 0.341 e. The first kappa shape index (κ1) is 18.1. The van der Waals surface area contributed by atoms with Gasteiger partial charge < -0.3 is 20.5 Å². The van der Waals surface area contributed by atoms with Crippen molar-refractivity contribution in [3.8, 4) is 5.88 Å². The summed E-state index contributed by atoms with van der Waals surface area (Å²) in [4.78, 5) is 26.5. The van der Waals surface area contributed by atoms with Gasteiger partial charge in [-0.3, -0.25) is 9.89 Å². The molecule has 0 radical (unpaired) electrons. The van der Waals surface area contributed by atoms with Crippen molar-refractivity contribution in [1.29, 1.82) is 0 Å². The van der Waals surface area contributed by atoms with Gasteiger partial charge in [0.15, 0.2) is 0 Å². The number of aromatic nitrogens is 2. The van der Waals surface area contributed by atoms with E-state index in [9.17, 15) is 9.59 Å². The van der Waals surface area contributed by atoms with Crippen molar-refractivity contribution in [2.75, 3.05) is 11.9 Å². The number of carbonyl (C=O) groups excluding carboxylic acids is 2. The molecule has 1 unspecified atom stereocenters. The monoisotopic (exact) mass is 382 g/mol. The van der Waals surface area contributed by atoms with Crippen molar-refractivity contribution in [3.63, 3.8) is 0 Å². The van der Waals surface area contributed by atoms with Gasteiger partial charge in [0.1, 0.15) is 11.0 Å². The van der Waals surface area contributed by atoms with Crippen LogP contribution in [0, 0.1) is 0 Å². The summed E-state index contributed by atoms with van der Waals surface area (Å²) in [6.45, 7) is 7.79. The van der Waals surface area contributed by atoms with Gasteiger partial charge in [0.25, 0.3) is 0 Å². The standard InChI is InChI=1S/C20H22N4O4/c1-5-27-17(25)13-15(21)28-16-12(14(23-24-16)19(2,3)4)20(13)10-8-6-7-9-11(10)22-18(20)26/h6-9H,5,21H2,1-4H3,(H,22,26)(H,23,24). The number of anilines is 1. The van der Waals surface area contributed by atoms with E-state index in [2.05, 4.69) is 15.5 Å². The minimum atomic E-state index is -1.50. The summed E-state index contributed by atoms with van der Waals surface area (Å²) in [6, 6.07) is 7.21. The second-order valence-electron chi connectivity index (χ2n) is 7.84. The Hall–Kier alpha value is -3.29. The number of nitrogens with two attached hydrogens (primary N) is 1. The van der Waals surface area contributed by atoms with E-state index in [1.165, 1.54) is 0 Å². The maximum atomic E-state index is 13.5. The summed E-state index contributed by atoms with van der Waals surface area (Å²) >= 11 is 0. The van der Waals surface area contributed by atoms with E-state index in [1.54, 1.807) is 19.1 Å². The Balaban J connectivity index is 2.13. The van der Waals surface area contributed by atoms with Crippen molar-refractivity contribution in [2.24, 2.45) is 5.73 Å². The number of fused-ring (bicyclic) bond motifs is 4. The van der Waals surface area contributed by atoms with Crippen LogP contribution >= 0.6 is 0 Å².